The van der Waals surface area contributed by atoms with E-state index in [1.54, 1.807) is 0 Å². The zero-order valence-corrected chi connectivity index (χ0v) is 18.0. The molecular formula is C25H33N3O2. The van der Waals surface area contributed by atoms with Gasteiger partial charge >= 0.3 is 0 Å². The first-order valence-electron chi connectivity index (χ1n) is 11.4. The maximum Gasteiger partial charge on any atom is 0.224 e. The Bertz CT molecular complexity index is 825. The van der Waals surface area contributed by atoms with Crippen LogP contribution in [-0.4, -0.2) is 41.5 Å². The van der Waals surface area contributed by atoms with Crippen LogP contribution in [0.3, 0.4) is 0 Å². The molecule has 0 unspecified atom stereocenters. The van der Waals surface area contributed by atoms with E-state index in [4.69, 9.17) is 4.74 Å². The summed E-state index contributed by atoms with van der Waals surface area (Å²) in [6.45, 7) is 5.64. The molecule has 0 bridgehead atoms. The van der Waals surface area contributed by atoms with Crippen molar-refractivity contribution in [3.63, 3.8) is 0 Å². The first-order valence-corrected chi connectivity index (χ1v) is 11.4. The lowest BCUT2D eigenvalue weighted by atomic mass is 10.1. The number of hydrogen-bond donors (Lipinski definition) is 1. The number of pyridine rings is 1. The molecule has 2 fully saturated rings. The molecule has 2 aliphatic rings. The number of amides is 1. The highest BCUT2D eigenvalue weighted by Gasteiger charge is 2.27. The molecular weight excluding hydrogens is 374 g/mol. The van der Waals surface area contributed by atoms with Crippen LogP contribution < -0.4 is 10.1 Å². The number of aryl methyl sites for hydroxylation is 2. The summed E-state index contributed by atoms with van der Waals surface area (Å²) in [6.07, 6.45) is 9.12. The molecule has 1 saturated heterocycles. The van der Waals surface area contributed by atoms with E-state index < -0.39 is 0 Å². The van der Waals surface area contributed by atoms with Crippen LogP contribution >= 0.6 is 0 Å². The monoisotopic (exact) mass is 407 g/mol. The molecule has 1 aromatic carbocycles. The molecule has 2 aromatic rings. The Morgan fingerprint density at radius 3 is 2.63 bits per heavy atom. The second kappa shape index (κ2) is 10.1. The van der Waals surface area contributed by atoms with Gasteiger partial charge in [0.05, 0.1) is 0 Å². The lowest BCUT2D eigenvalue weighted by Gasteiger charge is -2.31. The number of para-hydroxylation sites is 1. The van der Waals surface area contributed by atoms with Crippen molar-refractivity contribution in [2.45, 2.75) is 58.0 Å². The number of rotatable bonds is 9. The van der Waals surface area contributed by atoms with Gasteiger partial charge in [-0.1, -0.05) is 31.2 Å². The summed E-state index contributed by atoms with van der Waals surface area (Å²) in [5.41, 5.74) is 3.13. The first kappa shape index (κ1) is 20.9. The molecule has 1 saturated carbocycles. The second-order valence-electron chi connectivity index (χ2n) is 8.62. The summed E-state index contributed by atoms with van der Waals surface area (Å²) >= 11 is 0. The van der Waals surface area contributed by atoms with Gasteiger partial charge in [0.25, 0.3) is 0 Å². The van der Waals surface area contributed by atoms with E-state index in [2.05, 4.69) is 28.2 Å². The third kappa shape index (κ3) is 6.05. The minimum atomic E-state index is 0.0363. The van der Waals surface area contributed by atoms with Crippen LogP contribution in [0.2, 0.25) is 0 Å². The van der Waals surface area contributed by atoms with Crippen LogP contribution in [0.25, 0.3) is 0 Å². The third-order valence-electron chi connectivity index (χ3n) is 6.15. The van der Waals surface area contributed by atoms with Crippen molar-refractivity contribution in [3.05, 3.63) is 53.7 Å². The fraction of sp³-hybridized carbons (Fsp3) is 0.520. The molecule has 2 heterocycles. The number of aromatic nitrogens is 1. The van der Waals surface area contributed by atoms with E-state index in [9.17, 15) is 4.79 Å². The van der Waals surface area contributed by atoms with Crippen LogP contribution in [0, 0.1) is 5.92 Å². The van der Waals surface area contributed by atoms with Gasteiger partial charge in [0, 0.05) is 44.0 Å². The first-order chi connectivity index (χ1) is 14.7. The van der Waals surface area contributed by atoms with Gasteiger partial charge in [-0.2, -0.15) is 0 Å². The molecule has 30 heavy (non-hydrogen) atoms. The summed E-state index contributed by atoms with van der Waals surface area (Å²) in [7, 11) is 0. The average Bonchev–Trinajstić information content (AvgIpc) is 3.59. The molecule has 1 amide bonds. The standard InChI is InChI=1S/C25H33N3O2/c1-2-21-5-3-4-6-23(21)27-24(29)11-9-19-10-12-25(26-17-19)30-22-13-15-28(16-14-22)18-20-7-8-20/h3-6,10,12,17,20,22H,2,7-9,11,13-16,18H2,1H3,(H,27,29). The van der Waals surface area contributed by atoms with Gasteiger partial charge in [0.1, 0.15) is 6.10 Å². The van der Waals surface area contributed by atoms with Crippen LogP contribution in [0.4, 0.5) is 5.69 Å². The van der Waals surface area contributed by atoms with Gasteiger partial charge in [0.2, 0.25) is 11.8 Å². The molecule has 160 valence electrons. The Kier molecular flexibility index (Phi) is 7.00. The number of anilines is 1. The van der Waals surface area contributed by atoms with Crippen LogP contribution in [0.1, 0.15) is 50.2 Å². The van der Waals surface area contributed by atoms with Crippen molar-refractivity contribution in [1.82, 2.24) is 9.88 Å². The number of carbonyl (C=O) groups is 1. The summed E-state index contributed by atoms with van der Waals surface area (Å²) in [5.74, 6) is 1.69. The quantitative estimate of drug-likeness (QED) is 0.666. The van der Waals surface area contributed by atoms with Crippen molar-refractivity contribution < 1.29 is 9.53 Å². The Morgan fingerprint density at radius 1 is 1.13 bits per heavy atom. The predicted octanol–water partition coefficient (Wildman–Crippen LogP) is 4.47. The normalized spacial score (nSPS) is 17.6. The van der Waals surface area contributed by atoms with Crippen molar-refractivity contribution in [3.8, 4) is 5.88 Å². The maximum atomic E-state index is 12.3. The Balaban J connectivity index is 1.19. The van der Waals surface area contributed by atoms with Gasteiger partial charge in [-0.05, 0) is 61.6 Å². The van der Waals surface area contributed by atoms with Crippen LogP contribution in [0.15, 0.2) is 42.6 Å². The van der Waals surface area contributed by atoms with E-state index in [1.165, 1.54) is 19.4 Å². The molecule has 5 heteroatoms. The Morgan fingerprint density at radius 2 is 1.93 bits per heavy atom. The van der Waals surface area contributed by atoms with E-state index >= 15 is 0 Å². The summed E-state index contributed by atoms with van der Waals surface area (Å²) in [4.78, 5) is 19.4. The van der Waals surface area contributed by atoms with E-state index in [-0.39, 0.29) is 12.0 Å². The number of piperidine rings is 1. The van der Waals surface area contributed by atoms with E-state index in [0.717, 1.165) is 55.1 Å². The molecule has 1 aliphatic heterocycles. The highest BCUT2D eigenvalue weighted by molar-refractivity contribution is 5.91. The summed E-state index contributed by atoms with van der Waals surface area (Å²) in [6, 6.07) is 11.9. The number of hydrogen-bond acceptors (Lipinski definition) is 4. The SMILES string of the molecule is CCc1ccccc1NC(=O)CCc1ccc(OC2CCN(CC3CC3)CC2)nc1. The molecule has 0 atom stereocenters. The summed E-state index contributed by atoms with van der Waals surface area (Å²) < 4.78 is 6.09. The van der Waals surface area contributed by atoms with Gasteiger partial charge in [-0.25, -0.2) is 4.98 Å². The molecule has 1 aliphatic carbocycles. The fourth-order valence-electron chi connectivity index (χ4n) is 4.10. The zero-order chi connectivity index (χ0) is 20.8. The third-order valence-corrected chi connectivity index (χ3v) is 6.15. The molecule has 4 rings (SSSR count). The number of ether oxygens (including phenoxy) is 1. The fourth-order valence-corrected chi connectivity index (χ4v) is 4.10. The maximum absolute atomic E-state index is 12.3. The van der Waals surface area contributed by atoms with Crippen LogP contribution in [-0.2, 0) is 17.6 Å². The van der Waals surface area contributed by atoms with Gasteiger partial charge < -0.3 is 15.0 Å². The number of likely N-dealkylation sites (tertiary alicyclic amines) is 1. The topological polar surface area (TPSA) is 54.5 Å². The highest BCUT2D eigenvalue weighted by atomic mass is 16.5. The molecule has 5 nitrogen and oxygen atoms in total. The zero-order valence-electron chi connectivity index (χ0n) is 18.0. The minimum Gasteiger partial charge on any atom is -0.474 e. The molecule has 0 radical (unpaired) electrons. The number of carbonyl (C=O) groups excluding carboxylic acids is 1. The largest absolute Gasteiger partial charge is 0.474 e. The second-order valence-corrected chi connectivity index (χ2v) is 8.62. The molecule has 1 aromatic heterocycles. The van der Waals surface area contributed by atoms with E-state index in [0.29, 0.717) is 18.7 Å². The number of nitrogens with zero attached hydrogens (tertiary/aromatic N) is 2. The summed E-state index contributed by atoms with van der Waals surface area (Å²) in [5, 5.41) is 3.03. The number of benzene rings is 1. The number of nitrogens with one attached hydrogen (secondary N) is 1. The van der Waals surface area contributed by atoms with Gasteiger partial charge in [-0.3, -0.25) is 4.79 Å². The van der Waals surface area contributed by atoms with Gasteiger partial charge in [0.15, 0.2) is 0 Å². The smallest absolute Gasteiger partial charge is 0.224 e. The lowest BCUT2D eigenvalue weighted by Crippen LogP contribution is -2.39. The Hall–Kier alpha value is -2.40. The predicted molar refractivity (Wildman–Crippen MR) is 120 cm³/mol. The van der Waals surface area contributed by atoms with E-state index in [1.807, 2.05) is 36.5 Å². The van der Waals surface area contributed by atoms with Crippen molar-refractivity contribution in [2.75, 3.05) is 25.0 Å². The van der Waals surface area contributed by atoms with Gasteiger partial charge in [-0.15, -0.1) is 0 Å². The minimum absolute atomic E-state index is 0.0363. The van der Waals surface area contributed by atoms with Crippen molar-refractivity contribution in [2.24, 2.45) is 5.92 Å². The molecule has 1 N–H and O–H groups in total. The Labute approximate surface area is 179 Å². The van der Waals surface area contributed by atoms with Crippen LogP contribution in [0.5, 0.6) is 5.88 Å². The van der Waals surface area contributed by atoms with Crippen molar-refractivity contribution in [1.29, 1.82) is 0 Å². The molecule has 0 spiro atoms. The highest BCUT2D eigenvalue weighted by Crippen LogP contribution is 2.30. The van der Waals surface area contributed by atoms with Crippen molar-refractivity contribution >= 4 is 11.6 Å². The average molecular weight is 408 g/mol. The lowest BCUT2D eigenvalue weighted by molar-refractivity contribution is -0.116.